The monoisotopic (exact) mass is 252 g/mol. The number of fused-ring (bicyclic) bond motifs is 1. The lowest BCUT2D eigenvalue weighted by Crippen LogP contribution is -2.40. The molecule has 2 fully saturated rings. The van der Waals surface area contributed by atoms with Gasteiger partial charge in [0.25, 0.3) is 0 Å². The van der Waals surface area contributed by atoms with E-state index < -0.39 is 12.8 Å². The van der Waals surface area contributed by atoms with Gasteiger partial charge in [-0.3, -0.25) is 4.90 Å². The fraction of sp³-hybridized carbons (Fsp3) is 1.00. The van der Waals surface area contributed by atoms with Gasteiger partial charge in [0.05, 0.1) is 6.61 Å². The van der Waals surface area contributed by atoms with Crippen molar-refractivity contribution in [3.8, 4) is 0 Å². The summed E-state index contributed by atoms with van der Waals surface area (Å²) in [5, 5.41) is 3.46. The molecule has 0 spiro atoms. The van der Waals surface area contributed by atoms with E-state index in [-0.39, 0.29) is 6.61 Å². The summed E-state index contributed by atoms with van der Waals surface area (Å²) >= 11 is 0. The Morgan fingerprint density at radius 2 is 2.12 bits per heavy atom. The largest absolute Gasteiger partial charge is 0.411 e. The van der Waals surface area contributed by atoms with Crippen LogP contribution in [0.15, 0.2) is 0 Å². The molecule has 2 atom stereocenters. The van der Waals surface area contributed by atoms with Gasteiger partial charge in [0.15, 0.2) is 0 Å². The first-order chi connectivity index (χ1) is 8.04. The quantitative estimate of drug-likeness (QED) is 0.762. The van der Waals surface area contributed by atoms with Crippen molar-refractivity contribution in [2.45, 2.75) is 25.1 Å². The summed E-state index contributed by atoms with van der Waals surface area (Å²) in [4.78, 5) is 2.20. The Morgan fingerprint density at radius 3 is 2.82 bits per heavy atom. The molecule has 0 amide bonds. The minimum absolute atomic E-state index is 0.166. The molecule has 0 unspecified atom stereocenters. The molecular formula is C11H19F3N2O. The van der Waals surface area contributed by atoms with E-state index in [1.165, 1.54) is 12.8 Å². The summed E-state index contributed by atoms with van der Waals surface area (Å²) in [6.07, 6.45) is -1.77. The summed E-state index contributed by atoms with van der Waals surface area (Å²) < 4.78 is 40.2. The van der Waals surface area contributed by atoms with E-state index in [1.807, 2.05) is 0 Å². The first kappa shape index (κ1) is 13.1. The molecular weight excluding hydrogens is 233 g/mol. The number of rotatable bonds is 4. The highest BCUT2D eigenvalue weighted by molar-refractivity contribution is 4.91. The highest BCUT2D eigenvalue weighted by Gasteiger charge is 2.34. The van der Waals surface area contributed by atoms with Gasteiger partial charge in [-0.1, -0.05) is 0 Å². The Balaban J connectivity index is 1.61. The van der Waals surface area contributed by atoms with Crippen LogP contribution >= 0.6 is 0 Å². The summed E-state index contributed by atoms with van der Waals surface area (Å²) in [5.41, 5.74) is 0. The molecule has 3 nitrogen and oxygen atoms in total. The maximum absolute atomic E-state index is 11.8. The highest BCUT2D eigenvalue weighted by atomic mass is 19.4. The van der Waals surface area contributed by atoms with E-state index in [1.54, 1.807) is 0 Å². The van der Waals surface area contributed by atoms with Gasteiger partial charge in [0.1, 0.15) is 6.61 Å². The van der Waals surface area contributed by atoms with Crippen molar-refractivity contribution in [2.24, 2.45) is 5.92 Å². The fourth-order valence-electron chi connectivity index (χ4n) is 2.70. The SMILES string of the molecule is FC(F)(F)COCCN1C[C@@H]2CCCN[C@@H]2C1. The predicted octanol–water partition coefficient (Wildman–Crippen LogP) is 1.25. The van der Waals surface area contributed by atoms with Crippen LogP contribution in [0.2, 0.25) is 0 Å². The van der Waals surface area contributed by atoms with Gasteiger partial charge in [-0.15, -0.1) is 0 Å². The number of ether oxygens (including phenoxy) is 1. The minimum Gasteiger partial charge on any atom is -0.371 e. The molecule has 17 heavy (non-hydrogen) atoms. The van der Waals surface area contributed by atoms with Crippen molar-refractivity contribution in [2.75, 3.05) is 39.4 Å². The van der Waals surface area contributed by atoms with Crippen LogP contribution in [-0.4, -0.2) is 56.5 Å². The van der Waals surface area contributed by atoms with Gasteiger partial charge in [0, 0.05) is 25.7 Å². The third-order valence-electron chi connectivity index (χ3n) is 3.49. The van der Waals surface area contributed by atoms with E-state index in [2.05, 4.69) is 15.0 Å². The van der Waals surface area contributed by atoms with Crippen LogP contribution in [0.5, 0.6) is 0 Å². The normalized spacial score (nSPS) is 30.5. The van der Waals surface area contributed by atoms with Crippen molar-refractivity contribution in [1.82, 2.24) is 10.2 Å². The number of hydrogen-bond donors (Lipinski definition) is 1. The topological polar surface area (TPSA) is 24.5 Å². The van der Waals surface area contributed by atoms with E-state index >= 15 is 0 Å². The lowest BCUT2D eigenvalue weighted by molar-refractivity contribution is -0.174. The fourth-order valence-corrected chi connectivity index (χ4v) is 2.70. The zero-order valence-corrected chi connectivity index (χ0v) is 9.80. The molecule has 2 heterocycles. The number of alkyl halides is 3. The van der Waals surface area contributed by atoms with E-state index in [0.29, 0.717) is 18.5 Å². The van der Waals surface area contributed by atoms with E-state index in [9.17, 15) is 13.2 Å². The molecule has 2 aliphatic heterocycles. The number of piperidine rings is 1. The molecule has 0 radical (unpaired) electrons. The first-order valence-corrected chi connectivity index (χ1v) is 6.15. The van der Waals surface area contributed by atoms with Crippen molar-refractivity contribution in [3.63, 3.8) is 0 Å². The molecule has 0 aliphatic carbocycles. The van der Waals surface area contributed by atoms with Gasteiger partial charge in [-0.2, -0.15) is 13.2 Å². The van der Waals surface area contributed by atoms with E-state index in [0.717, 1.165) is 19.6 Å². The summed E-state index contributed by atoms with van der Waals surface area (Å²) in [6, 6.07) is 0.534. The predicted molar refractivity (Wildman–Crippen MR) is 57.8 cm³/mol. The number of nitrogens with one attached hydrogen (secondary N) is 1. The molecule has 100 valence electrons. The number of halogens is 3. The molecule has 0 aromatic carbocycles. The maximum atomic E-state index is 11.8. The molecule has 0 bridgehead atoms. The molecule has 0 aromatic rings. The van der Waals surface area contributed by atoms with Crippen LogP contribution in [0.4, 0.5) is 13.2 Å². The molecule has 0 saturated carbocycles. The van der Waals surface area contributed by atoms with Crippen LogP contribution in [0.3, 0.4) is 0 Å². The van der Waals surface area contributed by atoms with Crippen LogP contribution in [0, 0.1) is 5.92 Å². The minimum atomic E-state index is -4.21. The van der Waals surface area contributed by atoms with Gasteiger partial charge < -0.3 is 10.1 Å². The summed E-state index contributed by atoms with van der Waals surface area (Å²) in [7, 11) is 0. The van der Waals surface area contributed by atoms with Crippen LogP contribution in [-0.2, 0) is 4.74 Å². The third-order valence-corrected chi connectivity index (χ3v) is 3.49. The number of likely N-dealkylation sites (tertiary alicyclic amines) is 1. The standard InChI is InChI=1S/C11H19F3N2O/c12-11(13,14)8-17-5-4-16-6-9-2-1-3-15-10(9)7-16/h9-10,15H,1-8H2/t9-,10+/m0/s1. The highest BCUT2D eigenvalue weighted by Crippen LogP contribution is 2.24. The van der Waals surface area contributed by atoms with Crippen LogP contribution < -0.4 is 5.32 Å². The smallest absolute Gasteiger partial charge is 0.371 e. The molecule has 6 heteroatoms. The van der Waals surface area contributed by atoms with Crippen molar-refractivity contribution < 1.29 is 17.9 Å². The zero-order valence-electron chi connectivity index (χ0n) is 9.80. The van der Waals surface area contributed by atoms with Gasteiger partial charge >= 0.3 is 6.18 Å². The third kappa shape index (κ3) is 4.12. The van der Waals surface area contributed by atoms with Gasteiger partial charge in [-0.25, -0.2) is 0 Å². The molecule has 2 rings (SSSR count). The second-order valence-electron chi connectivity index (χ2n) is 4.89. The number of nitrogens with zero attached hydrogens (tertiary/aromatic N) is 1. The number of hydrogen-bond acceptors (Lipinski definition) is 3. The van der Waals surface area contributed by atoms with Crippen molar-refractivity contribution in [3.05, 3.63) is 0 Å². The van der Waals surface area contributed by atoms with Crippen LogP contribution in [0.25, 0.3) is 0 Å². The molecule has 2 saturated heterocycles. The van der Waals surface area contributed by atoms with Gasteiger partial charge in [0.2, 0.25) is 0 Å². The van der Waals surface area contributed by atoms with Gasteiger partial charge in [-0.05, 0) is 25.3 Å². The lowest BCUT2D eigenvalue weighted by Gasteiger charge is -2.24. The molecule has 0 aromatic heterocycles. The second-order valence-corrected chi connectivity index (χ2v) is 4.89. The summed E-state index contributed by atoms with van der Waals surface area (Å²) in [5.74, 6) is 0.673. The zero-order chi connectivity index (χ0) is 12.3. The Morgan fingerprint density at radius 1 is 1.29 bits per heavy atom. The average molecular weight is 252 g/mol. The average Bonchev–Trinajstić information content (AvgIpc) is 2.65. The Kier molecular flexibility index (Phi) is 4.27. The Bertz CT molecular complexity index is 233. The summed E-state index contributed by atoms with van der Waals surface area (Å²) in [6.45, 7) is 2.64. The lowest BCUT2D eigenvalue weighted by atomic mass is 9.94. The second kappa shape index (κ2) is 5.54. The molecule has 1 N–H and O–H groups in total. The maximum Gasteiger partial charge on any atom is 0.411 e. The van der Waals surface area contributed by atoms with Crippen molar-refractivity contribution >= 4 is 0 Å². The molecule has 2 aliphatic rings. The Hall–Kier alpha value is -0.330. The van der Waals surface area contributed by atoms with Crippen molar-refractivity contribution in [1.29, 1.82) is 0 Å². The first-order valence-electron chi connectivity index (χ1n) is 6.15. The Labute approximate surface area is 99.3 Å². The van der Waals surface area contributed by atoms with Crippen LogP contribution in [0.1, 0.15) is 12.8 Å². The van der Waals surface area contributed by atoms with E-state index in [4.69, 9.17) is 0 Å².